The Bertz CT molecular complexity index is 324. The second kappa shape index (κ2) is 3.36. The first kappa shape index (κ1) is 10.8. The number of carbonyl (C=O) groups is 1. The summed E-state index contributed by atoms with van der Waals surface area (Å²) >= 11 is 6.20. The van der Waals surface area contributed by atoms with E-state index in [1.807, 2.05) is 0 Å². The van der Waals surface area contributed by atoms with Gasteiger partial charge in [-0.3, -0.25) is 4.79 Å². The molecule has 1 saturated heterocycles. The fourth-order valence-electron chi connectivity index (χ4n) is 3.86. The monoisotopic (exact) mass is 244 g/mol. The summed E-state index contributed by atoms with van der Waals surface area (Å²) in [7, 11) is 0. The molecule has 1 heterocycles. The number of alkyl halides is 1. The maximum atomic E-state index is 12.1. The van der Waals surface area contributed by atoms with E-state index in [2.05, 4.69) is 0 Å². The molecule has 3 rings (SSSR count). The van der Waals surface area contributed by atoms with Crippen LogP contribution in [0.15, 0.2) is 0 Å². The number of ether oxygens (including phenoxy) is 1. The molecule has 0 unspecified atom stereocenters. The Morgan fingerprint density at radius 1 is 1.25 bits per heavy atom. The SMILES string of the molecule is O=C1O[C@@H]2[C@@H](Cl)CCC[C@@]2(O)C12CCCC2. The topological polar surface area (TPSA) is 46.5 Å². The number of hydrogen-bond acceptors (Lipinski definition) is 3. The maximum Gasteiger partial charge on any atom is 0.315 e. The Kier molecular flexibility index (Phi) is 2.28. The van der Waals surface area contributed by atoms with E-state index in [9.17, 15) is 9.90 Å². The molecular weight excluding hydrogens is 228 g/mol. The summed E-state index contributed by atoms with van der Waals surface area (Å²) in [6.07, 6.45) is 5.46. The number of rotatable bonds is 0. The van der Waals surface area contributed by atoms with Crippen LogP contribution in [-0.4, -0.2) is 28.2 Å². The van der Waals surface area contributed by atoms with Crippen LogP contribution in [0.4, 0.5) is 0 Å². The summed E-state index contributed by atoms with van der Waals surface area (Å²) < 4.78 is 5.40. The fourth-order valence-corrected chi connectivity index (χ4v) is 4.28. The van der Waals surface area contributed by atoms with Crippen LogP contribution in [0.25, 0.3) is 0 Å². The second-order valence-electron chi connectivity index (χ2n) is 5.45. The van der Waals surface area contributed by atoms with Gasteiger partial charge in [-0.05, 0) is 32.1 Å². The Morgan fingerprint density at radius 2 is 1.94 bits per heavy atom. The summed E-state index contributed by atoms with van der Waals surface area (Å²) in [6, 6.07) is 0. The number of hydrogen-bond donors (Lipinski definition) is 1. The predicted molar refractivity (Wildman–Crippen MR) is 59.2 cm³/mol. The zero-order valence-corrected chi connectivity index (χ0v) is 10.0. The average Bonchev–Trinajstić information content (AvgIpc) is 2.80. The zero-order chi connectivity index (χ0) is 11.4. The van der Waals surface area contributed by atoms with Crippen molar-refractivity contribution < 1.29 is 14.6 Å². The lowest BCUT2D eigenvalue weighted by Gasteiger charge is -2.42. The van der Waals surface area contributed by atoms with Gasteiger partial charge in [0.1, 0.15) is 17.1 Å². The van der Waals surface area contributed by atoms with Crippen molar-refractivity contribution in [3.05, 3.63) is 0 Å². The van der Waals surface area contributed by atoms with Gasteiger partial charge in [0.25, 0.3) is 0 Å². The smallest absolute Gasteiger partial charge is 0.315 e. The van der Waals surface area contributed by atoms with Crippen LogP contribution in [0.5, 0.6) is 0 Å². The van der Waals surface area contributed by atoms with Crippen molar-refractivity contribution in [1.29, 1.82) is 0 Å². The molecule has 3 atom stereocenters. The molecule has 0 amide bonds. The molecule has 3 nitrogen and oxygen atoms in total. The fraction of sp³-hybridized carbons (Fsp3) is 0.917. The van der Waals surface area contributed by atoms with Crippen molar-refractivity contribution in [3.63, 3.8) is 0 Å². The van der Waals surface area contributed by atoms with Gasteiger partial charge in [-0.1, -0.05) is 12.8 Å². The van der Waals surface area contributed by atoms with Crippen LogP contribution >= 0.6 is 11.6 Å². The Morgan fingerprint density at radius 3 is 2.62 bits per heavy atom. The summed E-state index contributed by atoms with van der Waals surface area (Å²) in [5, 5.41) is 10.7. The summed E-state index contributed by atoms with van der Waals surface area (Å²) in [6.45, 7) is 0. The molecule has 0 radical (unpaired) electrons. The molecule has 2 saturated carbocycles. The highest BCUT2D eigenvalue weighted by molar-refractivity contribution is 6.21. The maximum absolute atomic E-state index is 12.1. The molecule has 0 aromatic heterocycles. The third kappa shape index (κ3) is 1.11. The lowest BCUT2D eigenvalue weighted by atomic mass is 9.64. The van der Waals surface area contributed by atoms with Crippen molar-refractivity contribution in [2.45, 2.75) is 62.0 Å². The quantitative estimate of drug-likeness (QED) is 0.524. The molecular formula is C12H17ClO3. The molecule has 16 heavy (non-hydrogen) atoms. The van der Waals surface area contributed by atoms with Crippen LogP contribution in [0, 0.1) is 5.41 Å². The molecule has 2 aliphatic carbocycles. The van der Waals surface area contributed by atoms with Crippen LogP contribution in [0.2, 0.25) is 0 Å². The van der Waals surface area contributed by atoms with Gasteiger partial charge >= 0.3 is 5.97 Å². The summed E-state index contributed by atoms with van der Waals surface area (Å²) in [5.74, 6) is -0.204. The van der Waals surface area contributed by atoms with Gasteiger partial charge in [0.15, 0.2) is 0 Å². The molecule has 0 bridgehead atoms. The van der Waals surface area contributed by atoms with Crippen LogP contribution in [0.3, 0.4) is 0 Å². The minimum Gasteiger partial charge on any atom is -0.457 e. The van der Waals surface area contributed by atoms with Gasteiger partial charge in [0.2, 0.25) is 0 Å². The van der Waals surface area contributed by atoms with E-state index in [-0.39, 0.29) is 11.3 Å². The molecule has 1 aliphatic heterocycles. The summed E-state index contributed by atoms with van der Waals surface area (Å²) in [4.78, 5) is 12.1. The lowest BCUT2D eigenvalue weighted by Crippen LogP contribution is -2.56. The molecule has 3 aliphatic rings. The van der Waals surface area contributed by atoms with E-state index >= 15 is 0 Å². The molecule has 0 aromatic carbocycles. The van der Waals surface area contributed by atoms with Gasteiger partial charge in [0.05, 0.1) is 5.38 Å². The van der Waals surface area contributed by atoms with E-state index in [0.29, 0.717) is 6.42 Å². The minimum absolute atomic E-state index is 0.204. The van der Waals surface area contributed by atoms with Gasteiger partial charge in [-0.15, -0.1) is 11.6 Å². The van der Waals surface area contributed by atoms with Gasteiger partial charge in [-0.2, -0.15) is 0 Å². The van der Waals surface area contributed by atoms with Crippen molar-refractivity contribution in [3.8, 4) is 0 Å². The number of fused-ring (bicyclic) bond motifs is 2. The first-order chi connectivity index (χ1) is 7.60. The lowest BCUT2D eigenvalue weighted by molar-refractivity contribution is -0.149. The highest BCUT2D eigenvalue weighted by atomic mass is 35.5. The van der Waals surface area contributed by atoms with Gasteiger partial charge in [0, 0.05) is 0 Å². The van der Waals surface area contributed by atoms with E-state index < -0.39 is 17.1 Å². The summed E-state index contributed by atoms with van der Waals surface area (Å²) in [5.41, 5.74) is -1.63. The second-order valence-corrected chi connectivity index (χ2v) is 6.01. The third-order valence-electron chi connectivity index (χ3n) is 4.75. The number of esters is 1. The minimum atomic E-state index is -0.995. The van der Waals surface area contributed by atoms with E-state index in [0.717, 1.165) is 38.5 Å². The Hall–Kier alpha value is -0.280. The van der Waals surface area contributed by atoms with Crippen molar-refractivity contribution in [2.24, 2.45) is 5.41 Å². The zero-order valence-electron chi connectivity index (χ0n) is 9.25. The van der Waals surface area contributed by atoms with Crippen molar-refractivity contribution in [1.82, 2.24) is 0 Å². The normalized spacial score (nSPS) is 45.8. The third-order valence-corrected chi connectivity index (χ3v) is 5.19. The molecule has 0 aromatic rings. The highest BCUT2D eigenvalue weighted by Crippen LogP contribution is 2.58. The molecule has 4 heteroatoms. The van der Waals surface area contributed by atoms with E-state index in [1.165, 1.54) is 0 Å². The van der Waals surface area contributed by atoms with E-state index in [4.69, 9.17) is 16.3 Å². The number of aliphatic hydroxyl groups is 1. The largest absolute Gasteiger partial charge is 0.457 e. The molecule has 3 fully saturated rings. The Labute approximate surface area is 100 Å². The van der Waals surface area contributed by atoms with Crippen LogP contribution in [0.1, 0.15) is 44.9 Å². The highest BCUT2D eigenvalue weighted by Gasteiger charge is 2.69. The number of carbonyl (C=O) groups excluding carboxylic acids is 1. The van der Waals surface area contributed by atoms with Crippen molar-refractivity contribution in [2.75, 3.05) is 0 Å². The Balaban J connectivity index is 2.03. The molecule has 90 valence electrons. The van der Waals surface area contributed by atoms with Gasteiger partial charge < -0.3 is 9.84 Å². The average molecular weight is 245 g/mol. The molecule has 1 spiro atoms. The predicted octanol–water partition coefficient (Wildman–Crippen LogP) is 1.99. The first-order valence-corrected chi connectivity index (χ1v) is 6.61. The first-order valence-electron chi connectivity index (χ1n) is 6.18. The number of halogens is 1. The van der Waals surface area contributed by atoms with Gasteiger partial charge in [-0.25, -0.2) is 0 Å². The van der Waals surface area contributed by atoms with Crippen LogP contribution < -0.4 is 0 Å². The molecule has 1 N–H and O–H groups in total. The van der Waals surface area contributed by atoms with Crippen molar-refractivity contribution >= 4 is 17.6 Å². The van der Waals surface area contributed by atoms with Crippen LogP contribution in [-0.2, 0) is 9.53 Å². The van der Waals surface area contributed by atoms with E-state index in [1.54, 1.807) is 0 Å². The standard InChI is InChI=1S/C12H17ClO3/c13-8-4-3-7-12(15)9(8)16-10(14)11(12)5-1-2-6-11/h8-9,15H,1-7H2/t8-,9+,12-/m0/s1.